The number of nitrogens with zero attached hydrogens (tertiary/aromatic N) is 2. The predicted octanol–water partition coefficient (Wildman–Crippen LogP) is 1.24. The predicted molar refractivity (Wildman–Crippen MR) is 147 cm³/mol. The molecule has 11 heteroatoms. The van der Waals surface area contributed by atoms with Crippen LogP contribution in [-0.2, 0) is 27.3 Å². The number of carbonyl (C=O) groups excluding carboxylic acids is 3. The molecule has 7 N–H and O–H groups in total. The highest BCUT2D eigenvalue weighted by Gasteiger charge is 2.64. The monoisotopic (exact) mass is 558 g/mol. The summed E-state index contributed by atoms with van der Waals surface area (Å²) in [5.74, 6) is -6.82. The normalized spacial score (nSPS) is 25.5. The minimum Gasteiger partial charge on any atom is -0.508 e. The number of benzene rings is 2. The second-order valence-corrected chi connectivity index (χ2v) is 10.9. The van der Waals surface area contributed by atoms with E-state index in [1.807, 2.05) is 30.3 Å². The summed E-state index contributed by atoms with van der Waals surface area (Å²) in [5, 5.41) is 56.6. The van der Waals surface area contributed by atoms with Crippen molar-refractivity contribution in [1.29, 1.82) is 5.26 Å². The van der Waals surface area contributed by atoms with Gasteiger partial charge in [0.15, 0.2) is 11.4 Å². The number of hydrogen-bond donors (Lipinski definition) is 6. The molecule has 4 atom stereocenters. The van der Waals surface area contributed by atoms with Gasteiger partial charge in [-0.3, -0.25) is 19.3 Å². The van der Waals surface area contributed by atoms with Crippen LogP contribution in [0.15, 0.2) is 53.3 Å². The van der Waals surface area contributed by atoms with Crippen LogP contribution in [0.5, 0.6) is 5.75 Å². The molecule has 5 rings (SSSR count). The van der Waals surface area contributed by atoms with Gasteiger partial charge in [-0.15, -0.1) is 0 Å². The number of carbonyl (C=O) groups is 3. The second-order valence-electron chi connectivity index (χ2n) is 10.9. The Hall–Kier alpha value is -4.50. The number of fused-ring (bicyclic) bond motifs is 3. The van der Waals surface area contributed by atoms with Crippen LogP contribution >= 0.6 is 0 Å². The first kappa shape index (κ1) is 28.0. The SMILES string of the molecule is CN(C)C1C(=O)C(C(N)=O)=C(O)[C@]2(O)C(=O)C3=C(O)c4c(O)ccc(-c5ccc(CNCC#N)cc5)c4C[C@@H]3C[C@H]12. The Kier molecular flexibility index (Phi) is 6.95. The maximum absolute atomic E-state index is 13.9. The topological polar surface area (TPSA) is 197 Å². The molecule has 0 saturated heterocycles. The fraction of sp³-hybridized carbons (Fsp3) is 0.333. The van der Waals surface area contributed by atoms with E-state index in [9.17, 15) is 34.8 Å². The smallest absolute Gasteiger partial charge is 0.255 e. The molecule has 0 radical (unpaired) electrons. The maximum atomic E-state index is 13.9. The molecule has 3 aliphatic carbocycles. The number of rotatable bonds is 6. The lowest BCUT2D eigenvalue weighted by Crippen LogP contribution is -2.65. The molecular formula is C30H30N4O7. The zero-order valence-electron chi connectivity index (χ0n) is 22.5. The fourth-order valence-electron chi connectivity index (χ4n) is 6.58. The van der Waals surface area contributed by atoms with Gasteiger partial charge in [-0.2, -0.15) is 5.26 Å². The molecule has 2 aromatic rings. The van der Waals surface area contributed by atoms with Crippen molar-refractivity contribution < 1.29 is 34.8 Å². The quantitative estimate of drug-likeness (QED) is 0.170. The second kappa shape index (κ2) is 10.2. The molecule has 0 bridgehead atoms. The van der Waals surface area contributed by atoms with Gasteiger partial charge in [0.05, 0.1) is 24.2 Å². The summed E-state index contributed by atoms with van der Waals surface area (Å²) in [6.07, 6.45) is 0.216. The average molecular weight is 559 g/mol. The number of ketones is 2. The molecule has 41 heavy (non-hydrogen) atoms. The molecule has 1 saturated carbocycles. The van der Waals surface area contributed by atoms with Crippen molar-refractivity contribution >= 4 is 23.2 Å². The van der Waals surface area contributed by atoms with Gasteiger partial charge in [-0.1, -0.05) is 30.3 Å². The maximum Gasteiger partial charge on any atom is 0.255 e. The van der Waals surface area contributed by atoms with Gasteiger partial charge in [0.1, 0.15) is 22.8 Å². The molecule has 2 aromatic carbocycles. The van der Waals surface area contributed by atoms with Crippen molar-refractivity contribution in [2.75, 3.05) is 20.6 Å². The number of phenols is 1. The molecule has 3 aliphatic rings. The number of nitrogens with one attached hydrogen (secondary N) is 1. The van der Waals surface area contributed by atoms with E-state index in [4.69, 9.17) is 11.0 Å². The summed E-state index contributed by atoms with van der Waals surface area (Å²) in [5.41, 5.74) is 4.75. The van der Waals surface area contributed by atoms with Crippen molar-refractivity contribution in [3.63, 3.8) is 0 Å². The number of aliphatic hydroxyl groups excluding tert-OH is 2. The van der Waals surface area contributed by atoms with E-state index in [2.05, 4.69) is 5.32 Å². The first-order chi connectivity index (χ1) is 19.4. The number of aromatic hydroxyl groups is 1. The Bertz CT molecular complexity index is 1580. The zero-order valence-corrected chi connectivity index (χ0v) is 22.5. The van der Waals surface area contributed by atoms with Crippen LogP contribution < -0.4 is 11.1 Å². The van der Waals surface area contributed by atoms with Gasteiger partial charge in [-0.25, -0.2) is 0 Å². The minimum atomic E-state index is -2.67. The third kappa shape index (κ3) is 4.19. The van der Waals surface area contributed by atoms with Crippen LogP contribution in [0.1, 0.15) is 23.1 Å². The third-order valence-corrected chi connectivity index (χ3v) is 8.40. The number of phenolic OH excluding ortho intramolecular Hbond substituents is 1. The number of nitriles is 1. The molecular weight excluding hydrogens is 528 g/mol. The molecule has 0 spiro atoms. The highest BCUT2D eigenvalue weighted by atomic mass is 16.3. The van der Waals surface area contributed by atoms with E-state index < -0.39 is 58.0 Å². The molecule has 0 heterocycles. The zero-order chi connectivity index (χ0) is 29.8. The Balaban J connectivity index is 1.63. The van der Waals surface area contributed by atoms with Gasteiger partial charge in [0.25, 0.3) is 5.91 Å². The highest BCUT2D eigenvalue weighted by Crippen LogP contribution is 2.53. The third-order valence-electron chi connectivity index (χ3n) is 8.40. The Morgan fingerprint density at radius 3 is 2.44 bits per heavy atom. The average Bonchev–Trinajstić information content (AvgIpc) is 2.91. The largest absolute Gasteiger partial charge is 0.508 e. The van der Waals surface area contributed by atoms with Crippen LogP contribution in [0.2, 0.25) is 0 Å². The van der Waals surface area contributed by atoms with Gasteiger partial charge in [0.2, 0.25) is 5.78 Å². The van der Waals surface area contributed by atoms with Crippen molar-refractivity contribution in [2.45, 2.75) is 31.0 Å². The molecule has 11 nitrogen and oxygen atoms in total. The van der Waals surface area contributed by atoms with Crippen LogP contribution in [0.25, 0.3) is 16.9 Å². The summed E-state index contributed by atoms with van der Waals surface area (Å²) < 4.78 is 0. The fourth-order valence-corrected chi connectivity index (χ4v) is 6.58. The molecule has 1 amide bonds. The number of amides is 1. The van der Waals surface area contributed by atoms with Gasteiger partial charge in [0, 0.05) is 18.0 Å². The van der Waals surface area contributed by atoms with Crippen LogP contribution in [0.4, 0.5) is 0 Å². The Labute approximate surface area is 235 Å². The molecule has 0 aliphatic heterocycles. The van der Waals surface area contributed by atoms with E-state index in [1.165, 1.54) is 11.0 Å². The number of likely N-dealkylation sites (N-methyl/N-ethyl adjacent to an activating group) is 1. The van der Waals surface area contributed by atoms with E-state index in [0.29, 0.717) is 12.1 Å². The van der Waals surface area contributed by atoms with Crippen LogP contribution in [0.3, 0.4) is 0 Å². The molecule has 1 unspecified atom stereocenters. The van der Waals surface area contributed by atoms with E-state index >= 15 is 0 Å². The number of primary amides is 1. The summed E-state index contributed by atoms with van der Waals surface area (Å²) in [4.78, 5) is 40.8. The first-order valence-corrected chi connectivity index (χ1v) is 13.1. The van der Waals surface area contributed by atoms with Gasteiger partial charge in [-0.05, 0) is 61.2 Å². The number of hydrogen-bond acceptors (Lipinski definition) is 10. The summed E-state index contributed by atoms with van der Waals surface area (Å²) in [7, 11) is 3.12. The summed E-state index contributed by atoms with van der Waals surface area (Å²) in [6.45, 7) is 0.725. The van der Waals surface area contributed by atoms with Crippen molar-refractivity contribution in [3.05, 3.63) is 70.0 Å². The summed E-state index contributed by atoms with van der Waals surface area (Å²) in [6, 6.07) is 11.6. The molecule has 212 valence electrons. The Morgan fingerprint density at radius 1 is 1.15 bits per heavy atom. The standard InChI is InChI=1S/C30H30N4O7/c1-34(2)24-19-12-16-11-18-17(15-5-3-14(4-6-15)13-33-10-9-31)7-8-20(35)22(18)25(36)21(16)27(38)30(19,41)28(39)23(26(24)37)29(32)40/h3-8,16,19,24,33,35-36,39,41H,10-13H2,1-2H3,(H2,32,40)/t16-,19-,24?,30-/m1/s1. The molecule has 0 aromatic heterocycles. The van der Waals surface area contributed by atoms with E-state index in [1.54, 1.807) is 20.2 Å². The summed E-state index contributed by atoms with van der Waals surface area (Å²) >= 11 is 0. The van der Waals surface area contributed by atoms with Crippen molar-refractivity contribution in [1.82, 2.24) is 10.2 Å². The number of aliphatic hydroxyl groups is 3. The minimum absolute atomic E-state index is 0.0182. The van der Waals surface area contributed by atoms with Crippen molar-refractivity contribution in [2.24, 2.45) is 17.6 Å². The lowest BCUT2D eigenvalue weighted by Gasteiger charge is -2.50. The van der Waals surface area contributed by atoms with Gasteiger partial charge < -0.3 is 31.5 Å². The lowest BCUT2D eigenvalue weighted by molar-refractivity contribution is -0.153. The number of Topliss-reactive ketones (excluding diaryl/α,β-unsaturated/α-hetero) is 2. The van der Waals surface area contributed by atoms with Gasteiger partial charge >= 0.3 is 0 Å². The van der Waals surface area contributed by atoms with Crippen LogP contribution in [-0.4, -0.2) is 75.1 Å². The van der Waals surface area contributed by atoms with E-state index in [-0.39, 0.29) is 36.3 Å². The van der Waals surface area contributed by atoms with Crippen molar-refractivity contribution in [3.8, 4) is 22.9 Å². The molecule has 1 fully saturated rings. The Morgan fingerprint density at radius 2 is 1.83 bits per heavy atom. The van der Waals surface area contributed by atoms with E-state index in [0.717, 1.165) is 16.7 Å². The number of nitrogens with two attached hydrogens (primary N) is 1. The lowest BCUT2D eigenvalue weighted by atomic mass is 9.57. The van der Waals surface area contributed by atoms with Crippen LogP contribution in [0, 0.1) is 23.2 Å². The highest BCUT2D eigenvalue weighted by molar-refractivity contribution is 6.24. The first-order valence-electron chi connectivity index (χ1n) is 13.1.